The molecule has 1 N–H and O–H groups in total. The largest absolute Gasteiger partial charge is 0.375 e. The SMILES string of the molecule is Cc1ccc(C(=O)N2CCC(F)(C(O)C#N)CC2)cc1C. The molecule has 0 radical (unpaired) electrons. The van der Waals surface area contributed by atoms with Gasteiger partial charge < -0.3 is 10.0 Å². The van der Waals surface area contributed by atoms with E-state index in [0.29, 0.717) is 5.56 Å². The van der Waals surface area contributed by atoms with E-state index in [1.165, 1.54) is 0 Å². The van der Waals surface area contributed by atoms with Crippen molar-refractivity contribution in [1.29, 1.82) is 5.26 Å². The molecule has 1 heterocycles. The monoisotopic (exact) mass is 290 g/mol. The quantitative estimate of drug-likeness (QED) is 0.849. The average Bonchev–Trinajstić information content (AvgIpc) is 2.49. The highest BCUT2D eigenvalue weighted by Crippen LogP contribution is 2.30. The number of aryl methyl sites for hydroxylation is 2. The lowest BCUT2D eigenvalue weighted by atomic mass is 9.88. The lowest BCUT2D eigenvalue weighted by Crippen LogP contribution is -2.49. The van der Waals surface area contributed by atoms with Gasteiger partial charge in [0.1, 0.15) is 0 Å². The van der Waals surface area contributed by atoms with Gasteiger partial charge in [-0.15, -0.1) is 0 Å². The molecule has 1 aliphatic rings. The van der Waals surface area contributed by atoms with Crippen molar-refractivity contribution in [3.63, 3.8) is 0 Å². The van der Waals surface area contributed by atoms with Crippen LogP contribution in [0.1, 0.15) is 34.3 Å². The van der Waals surface area contributed by atoms with Gasteiger partial charge in [0, 0.05) is 31.5 Å². The van der Waals surface area contributed by atoms with Crippen LogP contribution in [0.2, 0.25) is 0 Å². The first-order chi connectivity index (χ1) is 9.87. The number of aliphatic hydroxyl groups is 1. The first-order valence-electron chi connectivity index (χ1n) is 7.00. The number of halogens is 1. The molecule has 0 spiro atoms. The molecule has 1 aliphatic heterocycles. The van der Waals surface area contributed by atoms with Crippen LogP contribution >= 0.6 is 0 Å². The number of nitriles is 1. The molecule has 0 saturated carbocycles. The highest BCUT2D eigenvalue weighted by molar-refractivity contribution is 5.94. The lowest BCUT2D eigenvalue weighted by Gasteiger charge is -2.37. The van der Waals surface area contributed by atoms with Gasteiger partial charge in [-0.3, -0.25) is 4.79 Å². The molecule has 21 heavy (non-hydrogen) atoms. The molecule has 1 saturated heterocycles. The van der Waals surface area contributed by atoms with Crippen LogP contribution < -0.4 is 0 Å². The molecule has 1 amide bonds. The molecule has 1 aromatic carbocycles. The summed E-state index contributed by atoms with van der Waals surface area (Å²) in [5.74, 6) is -0.133. The minimum atomic E-state index is -1.91. The van der Waals surface area contributed by atoms with Gasteiger partial charge in [0.15, 0.2) is 11.8 Å². The number of aliphatic hydroxyl groups excluding tert-OH is 1. The standard InChI is InChI=1S/C16H19FN2O2/c1-11-3-4-13(9-12(11)2)15(21)19-7-5-16(17,6-8-19)14(20)10-18/h3-4,9,14,20H,5-8H2,1-2H3. The van der Waals surface area contributed by atoms with Crippen molar-refractivity contribution in [3.05, 3.63) is 34.9 Å². The Labute approximate surface area is 123 Å². The smallest absolute Gasteiger partial charge is 0.253 e. The fourth-order valence-corrected chi connectivity index (χ4v) is 2.53. The summed E-state index contributed by atoms with van der Waals surface area (Å²) >= 11 is 0. The lowest BCUT2D eigenvalue weighted by molar-refractivity contribution is -0.0201. The van der Waals surface area contributed by atoms with E-state index in [-0.39, 0.29) is 31.8 Å². The van der Waals surface area contributed by atoms with Gasteiger partial charge in [-0.2, -0.15) is 5.26 Å². The Morgan fingerprint density at radius 3 is 2.52 bits per heavy atom. The maximum Gasteiger partial charge on any atom is 0.253 e. The van der Waals surface area contributed by atoms with Crippen molar-refractivity contribution >= 4 is 5.91 Å². The Morgan fingerprint density at radius 2 is 2.00 bits per heavy atom. The van der Waals surface area contributed by atoms with Crippen LogP contribution in [0.25, 0.3) is 0 Å². The zero-order chi connectivity index (χ0) is 15.6. The fourth-order valence-electron chi connectivity index (χ4n) is 2.53. The highest BCUT2D eigenvalue weighted by Gasteiger charge is 2.42. The molecular formula is C16H19FN2O2. The minimum Gasteiger partial charge on any atom is -0.375 e. The molecule has 0 aliphatic carbocycles. The summed E-state index contributed by atoms with van der Waals surface area (Å²) in [5.41, 5.74) is 0.836. The molecule has 2 rings (SSSR count). The Kier molecular flexibility index (Phi) is 4.29. The van der Waals surface area contributed by atoms with Crippen LogP contribution in [0.4, 0.5) is 4.39 Å². The molecule has 0 aromatic heterocycles. The Balaban J connectivity index is 2.07. The van der Waals surface area contributed by atoms with Gasteiger partial charge in [-0.1, -0.05) is 6.07 Å². The number of alkyl halides is 1. The van der Waals surface area contributed by atoms with E-state index in [4.69, 9.17) is 5.26 Å². The van der Waals surface area contributed by atoms with E-state index in [2.05, 4.69) is 0 Å². The van der Waals surface area contributed by atoms with Crippen LogP contribution in [0, 0.1) is 25.2 Å². The van der Waals surface area contributed by atoms with Crippen molar-refractivity contribution in [3.8, 4) is 6.07 Å². The van der Waals surface area contributed by atoms with E-state index in [9.17, 15) is 14.3 Å². The number of carbonyl (C=O) groups excluding carboxylic acids is 1. The third-order valence-electron chi connectivity index (χ3n) is 4.25. The van der Waals surface area contributed by atoms with Crippen molar-refractivity contribution in [2.24, 2.45) is 0 Å². The highest BCUT2D eigenvalue weighted by atomic mass is 19.1. The molecule has 1 aromatic rings. The second-order valence-corrected chi connectivity index (χ2v) is 5.66. The molecule has 5 heteroatoms. The number of rotatable bonds is 2. The van der Waals surface area contributed by atoms with Crippen LogP contribution in [0.15, 0.2) is 18.2 Å². The number of amides is 1. The molecule has 1 fully saturated rings. The third-order valence-corrected chi connectivity index (χ3v) is 4.25. The fraction of sp³-hybridized carbons (Fsp3) is 0.500. The molecule has 1 atom stereocenters. The molecule has 112 valence electrons. The van der Waals surface area contributed by atoms with Gasteiger partial charge >= 0.3 is 0 Å². The normalized spacial score (nSPS) is 18.9. The van der Waals surface area contributed by atoms with Gasteiger partial charge in [0.2, 0.25) is 0 Å². The number of piperidine rings is 1. The van der Waals surface area contributed by atoms with Crippen LogP contribution in [-0.2, 0) is 0 Å². The predicted molar refractivity (Wildman–Crippen MR) is 76.5 cm³/mol. The van der Waals surface area contributed by atoms with E-state index in [1.54, 1.807) is 17.0 Å². The van der Waals surface area contributed by atoms with Crippen molar-refractivity contribution in [2.45, 2.75) is 38.5 Å². The second-order valence-electron chi connectivity index (χ2n) is 5.66. The summed E-state index contributed by atoms with van der Waals surface area (Å²) in [5, 5.41) is 18.1. The summed E-state index contributed by atoms with van der Waals surface area (Å²) in [6, 6.07) is 7.04. The molecule has 0 bridgehead atoms. The third kappa shape index (κ3) is 3.06. The Bertz CT molecular complexity index is 586. The first-order valence-corrected chi connectivity index (χ1v) is 7.00. The van der Waals surface area contributed by atoms with Crippen molar-refractivity contribution in [2.75, 3.05) is 13.1 Å². The number of benzene rings is 1. The number of hydrogen-bond donors (Lipinski definition) is 1. The van der Waals surface area contributed by atoms with Gasteiger partial charge in [0.25, 0.3) is 5.91 Å². The number of likely N-dealkylation sites (tertiary alicyclic amines) is 1. The topological polar surface area (TPSA) is 64.3 Å². The van der Waals surface area contributed by atoms with Crippen LogP contribution in [0.3, 0.4) is 0 Å². The van der Waals surface area contributed by atoms with Crippen LogP contribution in [0.5, 0.6) is 0 Å². The summed E-state index contributed by atoms with van der Waals surface area (Å²) in [4.78, 5) is 14.0. The second kappa shape index (κ2) is 5.82. The molecule has 4 nitrogen and oxygen atoms in total. The maximum absolute atomic E-state index is 14.3. The van der Waals surface area contributed by atoms with Gasteiger partial charge in [-0.05, 0) is 37.1 Å². The first kappa shape index (κ1) is 15.5. The van der Waals surface area contributed by atoms with Gasteiger partial charge in [-0.25, -0.2) is 4.39 Å². The number of hydrogen-bond acceptors (Lipinski definition) is 3. The number of carbonyl (C=O) groups is 1. The summed E-state index contributed by atoms with van der Waals surface area (Å²) < 4.78 is 14.3. The number of nitrogens with zero attached hydrogens (tertiary/aromatic N) is 2. The van der Waals surface area contributed by atoms with Gasteiger partial charge in [0.05, 0.1) is 6.07 Å². The zero-order valence-electron chi connectivity index (χ0n) is 12.3. The van der Waals surface area contributed by atoms with E-state index >= 15 is 0 Å². The summed E-state index contributed by atoms with van der Waals surface area (Å²) in [6.45, 7) is 4.34. The van der Waals surface area contributed by atoms with E-state index < -0.39 is 11.8 Å². The zero-order valence-corrected chi connectivity index (χ0v) is 12.3. The molecule has 1 unspecified atom stereocenters. The van der Waals surface area contributed by atoms with E-state index in [0.717, 1.165) is 11.1 Å². The average molecular weight is 290 g/mol. The predicted octanol–water partition coefficient (Wildman–Crippen LogP) is 2.13. The molecular weight excluding hydrogens is 271 g/mol. The minimum absolute atomic E-state index is 0.0156. The Hall–Kier alpha value is -1.93. The maximum atomic E-state index is 14.3. The van der Waals surface area contributed by atoms with E-state index in [1.807, 2.05) is 26.0 Å². The van der Waals surface area contributed by atoms with Crippen molar-refractivity contribution < 1.29 is 14.3 Å². The van der Waals surface area contributed by atoms with Crippen LogP contribution in [-0.4, -0.2) is 40.8 Å². The Morgan fingerprint density at radius 1 is 1.38 bits per heavy atom. The summed E-state index contributed by atoms with van der Waals surface area (Å²) in [7, 11) is 0. The van der Waals surface area contributed by atoms with Crippen molar-refractivity contribution in [1.82, 2.24) is 4.90 Å². The summed E-state index contributed by atoms with van der Waals surface area (Å²) in [6.07, 6.45) is -1.66.